The largest absolute Gasteiger partial charge is 0.416 e. The van der Waals surface area contributed by atoms with Crippen LogP contribution in [0.1, 0.15) is 36.1 Å². The lowest BCUT2D eigenvalue weighted by atomic mass is 9.81. The first kappa shape index (κ1) is 30.9. The topological polar surface area (TPSA) is 61.4 Å². The molecule has 0 aliphatic rings. The molecule has 1 heterocycles. The van der Waals surface area contributed by atoms with Gasteiger partial charge in [-0.05, 0) is 64.2 Å². The second kappa shape index (κ2) is 11.4. The molecule has 1 N–H and O–H groups in total. The monoisotopic (exact) mass is 567 g/mol. The van der Waals surface area contributed by atoms with Crippen LogP contribution >= 0.6 is 0 Å². The van der Waals surface area contributed by atoms with E-state index >= 15 is 0 Å². The van der Waals surface area contributed by atoms with Crippen LogP contribution in [0.4, 0.5) is 38.0 Å². The normalized spacial score (nSPS) is 12.5. The number of hydrogen-bond donors (Lipinski definition) is 1. The lowest BCUT2D eigenvalue weighted by Crippen LogP contribution is -2.42. The zero-order valence-corrected chi connectivity index (χ0v) is 23.0. The van der Waals surface area contributed by atoms with Crippen molar-refractivity contribution < 1.29 is 31.1 Å². The number of likely N-dealkylation sites (N-methyl/N-ethyl adjacent to an activating group) is 2. The van der Waals surface area contributed by atoms with Crippen LogP contribution < -0.4 is 10.2 Å². The number of carbonyl (C=O) groups is 1. The Bertz CT molecular complexity index is 1340. The summed E-state index contributed by atoms with van der Waals surface area (Å²) in [5.41, 5.74) is -3.02. The van der Waals surface area contributed by atoms with Gasteiger partial charge in [0, 0.05) is 25.7 Å². The van der Waals surface area contributed by atoms with Gasteiger partial charge in [0.1, 0.15) is 0 Å². The summed E-state index contributed by atoms with van der Waals surface area (Å²) in [5, 5.41) is 3.12. The number of hydrogen-bond acceptors (Lipinski definition) is 5. The third-order valence-corrected chi connectivity index (χ3v) is 6.52. The van der Waals surface area contributed by atoms with E-state index in [1.807, 2.05) is 38.1 Å². The maximum Gasteiger partial charge on any atom is 0.416 e. The molecule has 0 spiro atoms. The fourth-order valence-corrected chi connectivity index (χ4v) is 4.10. The van der Waals surface area contributed by atoms with Crippen molar-refractivity contribution in [3.8, 4) is 11.3 Å². The Balaban J connectivity index is 2.10. The third kappa shape index (κ3) is 6.90. The summed E-state index contributed by atoms with van der Waals surface area (Å²) in [5.74, 6) is -0.441. The fraction of sp³-hybridized carbons (Fsp3) is 0.393. The lowest BCUT2D eigenvalue weighted by molar-refractivity contribution is -0.143. The molecule has 0 atom stereocenters. The van der Waals surface area contributed by atoms with Crippen molar-refractivity contribution >= 4 is 17.5 Å². The van der Waals surface area contributed by atoms with E-state index in [2.05, 4.69) is 15.3 Å². The van der Waals surface area contributed by atoms with E-state index in [1.54, 1.807) is 12.1 Å². The highest BCUT2D eigenvalue weighted by atomic mass is 19.4. The van der Waals surface area contributed by atoms with Gasteiger partial charge in [-0.25, -0.2) is 9.97 Å². The van der Waals surface area contributed by atoms with Gasteiger partial charge < -0.3 is 15.1 Å². The SMILES string of the molecule is Cc1ccccc1-c1nc(NCCN(C)C)ncc1N(C)C(=O)C(C)(C)c1cc(C(F)(F)F)cc(C(F)(F)F)c1. The van der Waals surface area contributed by atoms with E-state index in [0.717, 1.165) is 5.56 Å². The Morgan fingerprint density at radius 2 is 1.45 bits per heavy atom. The van der Waals surface area contributed by atoms with E-state index in [-0.39, 0.29) is 11.8 Å². The van der Waals surface area contributed by atoms with E-state index in [1.165, 1.54) is 32.0 Å². The highest BCUT2D eigenvalue weighted by Gasteiger charge is 2.41. The standard InChI is InChI=1S/C28H31F6N5O/c1-17-9-7-8-10-21(17)23-22(16-36-25(37-23)35-11-12-38(4)5)39(6)24(40)26(2,3)18-13-19(27(29,30)31)15-20(14-18)28(32,33)34/h7-10,13-16H,11-12H2,1-6H3,(H,35,36,37). The van der Waals surface area contributed by atoms with Gasteiger partial charge in [-0.1, -0.05) is 24.3 Å². The number of anilines is 2. The predicted molar refractivity (Wildman–Crippen MR) is 142 cm³/mol. The molecule has 216 valence electrons. The van der Waals surface area contributed by atoms with Crippen LogP contribution in [-0.4, -0.2) is 55.0 Å². The van der Waals surface area contributed by atoms with Crippen molar-refractivity contribution in [2.24, 2.45) is 0 Å². The van der Waals surface area contributed by atoms with Gasteiger partial charge in [0.05, 0.1) is 34.1 Å². The van der Waals surface area contributed by atoms with E-state index in [9.17, 15) is 31.1 Å². The summed E-state index contributed by atoms with van der Waals surface area (Å²) in [6, 6.07) is 8.49. The molecule has 0 saturated heterocycles. The molecule has 40 heavy (non-hydrogen) atoms. The van der Waals surface area contributed by atoms with Crippen LogP contribution in [0.3, 0.4) is 0 Å². The van der Waals surface area contributed by atoms with Gasteiger partial charge in [-0.2, -0.15) is 26.3 Å². The molecule has 3 rings (SSSR count). The molecule has 0 unspecified atom stereocenters. The first-order chi connectivity index (χ1) is 18.4. The van der Waals surface area contributed by atoms with Crippen LogP contribution in [0.5, 0.6) is 0 Å². The molecule has 12 heteroatoms. The molecule has 1 amide bonds. The number of amides is 1. The molecule has 3 aromatic rings. The van der Waals surface area contributed by atoms with Crippen molar-refractivity contribution in [2.75, 3.05) is 44.4 Å². The highest BCUT2D eigenvalue weighted by Crippen LogP contribution is 2.40. The molecular weight excluding hydrogens is 536 g/mol. The molecule has 0 fully saturated rings. The summed E-state index contributed by atoms with van der Waals surface area (Å²) < 4.78 is 81.1. The van der Waals surface area contributed by atoms with Gasteiger partial charge >= 0.3 is 12.4 Å². The zero-order valence-electron chi connectivity index (χ0n) is 23.0. The quantitative estimate of drug-likeness (QED) is 0.319. The summed E-state index contributed by atoms with van der Waals surface area (Å²) >= 11 is 0. The molecular formula is C28H31F6N5O. The van der Waals surface area contributed by atoms with Crippen molar-refractivity contribution in [1.82, 2.24) is 14.9 Å². The highest BCUT2D eigenvalue weighted by molar-refractivity contribution is 6.02. The van der Waals surface area contributed by atoms with Crippen LogP contribution in [0.2, 0.25) is 0 Å². The third-order valence-electron chi connectivity index (χ3n) is 6.52. The Hall–Kier alpha value is -3.67. The van der Waals surface area contributed by atoms with Crippen molar-refractivity contribution in [3.63, 3.8) is 0 Å². The van der Waals surface area contributed by atoms with E-state index in [0.29, 0.717) is 42.4 Å². The first-order valence-electron chi connectivity index (χ1n) is 12.3. The molecule has 0 aliphatic heterocycles. The smallest absolute Gasteiger partial charge is 0.353 e. The Morgan fingerprint density at radius 1 is 0.900 bits per heavy atom. The number of carbonyl (C=O) groups excluding carboxylic acids is 1. The molecule has 0 aliphatic carbocycles. The Labute approximate surface area is 229 Å². The van der Waals surface area contributed by atoms with Crippen LogP contribution in [0.25, 0.3) is 11.3 Å². The number of rotatable bonds is 8. The number of halogens is 6. The maximum absolute atomic E-state index is 13.8. The minimum Gasteiger partial charge on any atom is -0.353 e. The minimum absolute atomic E-state index is 0.0416. The molecule has 2 aromatic carbocycles. The van der Waals surface area contributed by atoms with Gasteiger partial charge in [0.25, 0.3) is 0 Å². The second-order valence-electron chi connectivity index (χ2n) is 10.3. The maximum atomic E-state index is 13.8. The van der Waals surface area contributed by atoms with E-state index < -0.39 is 40.4 Å². The first-order valence-corrected chi connectivity index (χ1v) is 12.3. The van der Waals surface area contributed by atoms with Crippen LogP contribution in [-0.2, 0) is 22.6 Å². The second-order valence-corrected chi connectivity index (χ2v) is 10.3. The predicted octanol–water partition coefficient (Wildman–Crippen LogP) is 6.40. The molecule has 0 bridgehead atoms. The van der Waals surface area contributed by atoms with Crippen molar-refractivity contribution in [2.45, 2.75) is 38.5 Å². The van der Waals surface area contributed by atoms with Gasteiger partial charge in [-0.15, -0.1) is 0 Å². The average Bonchev–Trinajstić information content (AvgIpc) is 2.86. The van der Waals surface area contributed by atoms with Crippen molar-refractivity contribution in [3.05, 3.63) is 70.9 Å². The lowest BCUT2D eigenvalue weighted by Gasteiger charge is -2.31. The number of alkyl halides is 6. The minimum atomic E-state index is -5.04. The summed E-state index contributed by atoms with van der Waals surface area (Å²) in [6.07, 6.45) is -8.67. The number of benzene rings is 2. The molecule has 6 nitrogen and oxygen atoms in total. The number of aryl methyl sites for hydroxylation is 1. The summed E-state index contributed by atoms with van der Waals surface area (Å²) in [4.78, 5) is 25.8. The Kier molecular flexibility index (Phi) is 8.83. The zero-order chi connectivity index (χ0) is 30.0. The average molecular weight is 568 g/mol. The summed E-state index contributed by atoms with van der Waals surface area (Å²) in [7, 11) is 5.21. The van der Waals surface area contributed by atoms with Crippen LogP contribution in [0, 0.1) is 6.92 Å². The van der Waals surface area contributed by atoms with Crippen molar-refractivity contribution in [1.29, 1.82) is 0 Å². The number of nitrogens with one attached hydrogen (secondary N) is 1. The van der Waals surface area contributed by atoms with Gasteiger partial charge in [-0.3, -0.25) is 4.79 Å². The van der Waals surface area contributed by atoms with E-state index in [4.69, 9.17) is 0 Å². The molecule has 0 saturated carbocycles. The van der Waals surface area contributed by atoms with Gasteiger partial charge in [0.15, 0.2) is 0 Å². The summed E-state index contributed by atoms with van der Waals surface area (Å²) in [6.45, 7) is 5.67. The fourth-order valence-electron chi connectivity index (χ4n) is 4.10. The van der Waals surface area contributed by atoms with Crippen LogP contribution in [0.15, 0.2) is 48.7 Å². The van der Waals surface area contributed by atoms with Gasteiger partial charge in [0.2, 0.25) is 11.9 Å². The molecule has 1 aromatic heterocycles. The number of aromatic nitrogens is 2. The Morgan fingerprint density at radius 3 is 1.98 bits per heavy atom. The molecule has 0 radical (unpaired) electrons. The number of nitrogens with zero attached hydrogens (tertiary/aromatic N) is 4.